The van der Waals surface area contributed by atoms with Crippen LogP contribution < -0.4 is 4.74 Å². The number of hydrogen-bond donors (Lipinski definition) is 1. The van der Waals surface area contributed by atoms with Gasteiger partial charge >= 0.3 is 5.97 Å². The lowest BCUT2D eigenvalue weighted by molar-refractivity contribution is -0.142. The molecule has 6 heteroatoms. The van der Waals surface area contributed by atoms with Gasteiger partial charge in [-0.05, 0) is 59.0 Å². The van der Waals surface area contributed by atoms with Gasteiger partial charge in [-0.25, -0.2) is 4.39 Å². The van der Waals surface area contributed by atoms with Gasteiger partial charge in [-0.1, -0.05) is 67.9 Å². The first-order valence-corrected chi connectivity index (χ1v) is 11.2. The van der Waals surface area contributed by atoms with Crippen LogP contribution in [0.3, 0.4) is 0 Å². The third-order valence-corrected chi connectivity index (χ3v) is 7.08. The van der Waals surface area contributed by atoms with Crippen LogP contribution in [0.5, 0.6) is 11.5 Å². The molecule has 3 atom stereocenters. The number of carboxylic acid groups (broad SMARTS) is 1. The lowest BCUT2D eigenvalue weighted by Gasteiger charge is -2.15. The standard InChI is InChI=1S/C28H23ClFNO3/c1-27(2)25(28(27,26(32)33)16-24(29)18-7-4-3-5-8-18)23(17-31)19-9-6-10-22(15-19)34-21-13-11-20(30)12-14-21/h3-16,23,25H,1-2H3,(H,32,33). The number of hydrogen-bond acceptors (Lipinski definition) is 3. The average molecular weight is 476 g/mol. The molecule has 0 saturated heterocycles. The molecule has 1 aliphatic carbocycles. The van der Waals surface area contributed by atoms with Crippen LogP contribution in [0.2, 0.25) is 0 Å². The van der Waals surface area contributed by atoms with E-state index in [9.17, 15) is 19.6 Å². The minimum atomic E-state index is -1.31. The van der Waals surface area contributed by atoms with Crippen LogP contribution in [0.4, 0.5) is 4.39 Å². The Morgan fingerprint density at radius 1 is 1.09 bits per heavy atom. The summed E-state index contributed by atoms with van der Waals surface area (Å²) in [6.07, 6.45) is 1.58. The smallest absolute Gasteiger partial charge is 0.314 e. The van der Waals surface area contributed by atoms with Gasteiger partial charge < -0.3 is 9.84 Å². The Labute approximate surface area is 202 Å². The number of carbonyl (C=O) groups is 1. The fraction of sp³-hybridized carbons (Fsp3) is 0.214. The number of nitriles is 1. The molecule has 4 nitrogen and oxygen atoms in total. The van der Waals surface area contributed by atoms with E-state index in [1.54, 1.807) is 30.3 Å². The second kappa shape index (κ2) is 8.96. The third kappa shape index (κ3) is 4.06. The molecule has 3 unspecified atom stereocenters. The predicted octanol–water partition coefficient (Wildman–Crippen LogP) is 7.23. The largest absolute Gasteiger partial charge is 0.481 e. The summed E-state index contributed by atoms with van der Waals surface area (Å²) in [5, 5.41) is 20.8. The molecule has 1 saturated carbocycles. The van der Waals surface area contributed by atoms with E-state index in [1.807, 2.05) is 44.2 Å². The van der Waals surface area contributed by atoms with Crippen molar-refractivity contribution in [2.24, 2.45) is 16.7 Å². The van der Waals surface area contributed by atoms with Gasteiger partial charge in [0.05, 0.1) is 17.4 Å². The van der Waals surface area contributed by atoms with Gasteiger partial charge in [-0.2, -0.15) is 5.26 Å². The van der Waals surface area contributed by atoms with Crippen molar-refractivity contribution in [3.05, 3.63) is 102 Å². The zero-order valence-electron chi connectivity index (χ0n) is 18.7. The third-order valence-electron chi connectivity index (χ3n) is 6.75. The predicted molar refractivity (Wildman–Crippen MR) is 129 cm³/mol. The second-order valence-corrected chi connectivity index (χ2v) is 9.37. The van der Waals surface area contributed by atoms with Crippen LogP contribution in [0, 0.1) is 33.9 Å². The maximum absolute atomic E-state index is 13.2. The summed E-state index contributed by atoms with van der Waals surface area (Å²) in [4.78, 5) is 12.6. The van der Waals surface area contributed by atoms with Crippen molar-refractivity contribution in [2.75, 3.05) is 0 Å². The molecule has 0 radical (unpaired) electrons. The van der Waals surface area contributed by atoms with Gasteiger partial charge in [0, 0.05) is 11.0 Å². The second-order valence-electron chi connectivity index (χ2n) is 8.97. The van der Waals surface area contributed by atoms with Crippen LogP contribution in [-0.4, -0.2) is 11.1 Å². The Bertz CT molecular complexity index is 1280. The summed E-state index contributed by atoms with van der Waals surface area (Å²) in [5.41, 5.74) is -0.669. The van der Waals surface area contributed by atoms with E-state index in [2.05, 4.69) is 6.07 Å². The van der Waals surface area contributed by atoms with Crippen molar-refractivity contribution in [3.63, 3.8) is 0 Å². The van der Waals surface area contributed by atoms with Gasteiger partial charge in [0.1, 0.15) is 17.3 Å². The molecule has 0 bridgehead atoms. The molecule has 4 rings (SSSR count). The first-order chi connectivity index (χ1) is 16.2. The Morgan fingerprint density at radius 3 is 2.38 bits per heavy atom. The molecule has 1 N–H and O–H groups in total. The molecular formula is C28H23ClFNO3. The maximum Gasteiger partial charge on any atom is 0.314 e. The number of nitrogens with zero attached hydrogens (tertiary/aromatic N) is 1. The number of rotatable bonds is 7. The highest BCUT2D eigenvalue weighted by Gasteiger charge is 2.77. The van der Waals surface area contributed by atoms with Crippen molar-refractivity contribution in [2.45, 2.75) is 19.8 Å². The highest BCUT2D eigenvalue weighted by molar-refractivity contribution is 6.49. The molecule has 0 heterocycles. The Balaban J connectivity index is 1.69. The van der Waals surface area contributed by atoms with Crippen molar-refractivity contribution in [1.82, 2.24) is 0 Å². The van der Waals surface area contributed by atoms with Crippen molar-refractivity contribution in [1.29, 1.82) is 5.26 Å². The summed E-state index contributed by atoms with van der Waals surface area (Å²) in [7, 11) is 0. The number of halogens is 2. The molecule has 3 aromatic rings. The SMILES string of the molecule is CC1(C)C(C(C#N)c2cccc(Oc3ccc(F)cc3)c2)C1(C=C(Cl)c1ccccc1)C(=O)O. The molecule has 34 heavy (non-hydrogen) atoms. The molecule has 0 spiro atoms. The summed E-state index contributed by atoms with van der Waals surface area (Å²) in [6, 6.07) is 24.1. The van der Waals surface area contributed by atoms with Gasteiger partial charge in [-0.3, -0.25) is 4.79 Å². The van der Waals surface area contributed by atoms with E-state index < -0.39 is 28.6 Å². The lowest BCUT2D eigenvalue weighted by Crippen LogP contribution is -2.20. The van der Waals surface area contributed by atoms with Crippen LogP contribution in [0.25, 0.3) is 5.03 Å². The topological polar surface area (TPSA) is 70.3 Å². The highest BCUT2D eigenvalue weighted by atomic mass is 35.5. The lowest BCUT2D eigenvalue weighted by atomic mass is 9.89. The molecule has 0 amide bonds. The van der Waals surface area contributed by atoms with E-state index in [-0.39, 0.29) is 5.82 Å². The zero-order valence-corrected chi connectivity index (χ0v) is 19.5. The van der Waals surface area contributed by atoms with Crippen LogP contribution in [0.1, 0.15) is 30.9 Å². The van der Waals surface area contributed by atoms with Crippen molar-refractivity contribution >= 4 is 22.6 Å². The first kappa shape index (κ1) is 23.5. The Kier molecular flexibility index (Phi) is 6.20. The number of benzene rings is 3. The van der Waals surface area contributed by atoms with Crippen LogP contribution in [-0.2, 0) is 4.79 Å². The van der Waals surface area contributed by atoms with E-state index in [0.717, 1.165) is 5.56 Å². The van der Waals surface area contributed by atoms with Gasteiger partial charge in [-0.15, -0.1) is 0 Å². The average Bonchev–Trinajstić information content (AvgIpc) is 3.32. The summed E-state index contributed by atoms with van der Waals surface area (Å²) in [6.45, 7) is 3.70. The van der Waals surface area contributed by atoms with Crippen LogP contribution >= 0.6 is 11.6 Å². The maximum atomic E-state index is 13.2. The summed E-state index contributed by atoms with van der Waals surface area (Å²) >= 11 is 6.56. The van der Waals surface area contributed by atoms with E-state index in [0.29, 0.717) is 22.1 Å². The van der Waals surface area contributed by atoms with Gasteiger partial charge in [0.15, 0.2) is 0 Å². The fourth-order valence-electron chi connectivity index (χ4n) is 4.90. The highest BCUT2D eigenvalue weighted by Crippen LogP contribution is 2.74. The van der Waals surface area contributed by atoms with E-state index >= 15 is 0 Å². The molecule has 1 aliphatic rings. The molecule has 0 aliphatic heterocycles. The fourth-order valence-corrected chi connectivity index (χ4v) is 5.19. The quantitative estimate of drug-likeness (QED) is 0.391. The number of ether oxygens (including phenoxy) is 1. The molecule has 172 valence electrons. The normalized spacial score (nSPS) is 21.9. The minimum absolute atomic E-state index is 0.337. The van der Waals surface area contributed by atoms with Crippen molar-refractivity contribution in [3.8, 4) is 17.6 Å². The first-order valence-electron chi connectivity index (χ1n) is 10.8. The van der Waals surface area contributed by atoms with Gasteiger partial charge in [0.2, 0.25) is 0 Å². The zero-order chi connectivity index (χ0) is 24.5. The minimum Gasteiger partial charge on any atom is -0.481 e. The summed E-state index contributed by atoms with van der Waals surface area (Å²) in [5.74, 6) is -1.68. The van der Waals surface area contributed by atoms with E-state index in [1.165, 1.54) is 24.3 Å². The van der Waals surface area contributed by atoms with E-state index in [4.69, 9.17) is 16.3 Å². The van der Waals surface area contributed by atoms with Crippen LogP contribution in [0.15, 0.2) is 84.9 Å². The molecule has 1 fully saturated rings. The Hall–Kier alpha value is -3.62. The molecule has 3 aromatic carbocycles. The molecule has 0 aromatic heterocycles. The summed E-state index contributed by atoms with van der Waals surface area (Å²) < 4.78 is 19.0. The monoisotopic (exact) mass is 475 g/mol. The Morgan fingerprint density at radius 2 is 1.76 bits per heavy atom. The number of carboxylic acids is 1. The van der Waals surface area contributed by atoms with Crippen molar-refractivity contribution < 1.29 is 19.0 Å². The molecular weight excluding hydrogens is 453 g/mol. The number of aliphatic carboxylic acids is 1. The van der Waals surface area contributed by atoms with Gasteiger partial charge in [0.25, 0.3) is 0 Å².